The highest BCUT2D eigenvalue weighted by Crippen LogP contribution is 2.37. The molecule has 0 spiro atoms. The normalized spacial score (nSPS) is 12.2. The van der Waals surface area contributed by atoms with Crippen LogP contribution in [0.1, 0.15) is 25.1 Å². The molecule has 0 fully saturated rings. The molecule has 8 heteroatoms. The second kappa shape index (κ2) is 5.87. The molecule has 0 N–H and O–H groups in total. The smallest absolute Gasteiger partial charge is 0.311 e. The first-order valence-corrected chi connectivity index (χ1v) is 6.36. The Bertz CT molecular complexity index is 627. The molecule has 1 heterocycles. The van der Waals surface area contributed by atoms with Gasteiger partial charge in [0.25, 0.3) is 5.89 Å². The van der Waals surface area contributed by atoms with Crippen molar-refractivity contribution in [1.82, 2.24) is 10.2 Å². The van der Waals surface area contributed by atoms with Crippen LogP contribution >= 0.6 is 11.6 Å². The summed E-state index contributed by atoms with van der Waals surface area (Å²) in [6.45, 7) is 3.71. The minimum atomic E-state index is -0.518. The standard InChI is InChI=1S/C12H12ClN3O4/c1-3-19-10-8(5-4-6-9(10)16(17)18)12-15-14-11(20-12)7(2)13/h4-7H,3H2,1-2H3. The van der Waals surface area contributed by atoms with E-state index in [1.807, 2.05) is 0 Å². The first-order chi connectivity index (χ1) is 9.54. The number of benzene rings is 1. The summed E-state index contributed by atoms with van der Waals surface area (Å²) < 4.78 is 10.7. The molecule has 0 aliphatic heterocycles. The Morgan fingerprint density at radius 3 is 2.80 bits per heavy atom. The summed E-state index contributed by atoms with van der Waals surface area (Å²) >= 11 is 5.85. The number of rotatable bonds is 5. The number of halogens is 1. The third-order valence-electron chi connectivity index (χ3n) is 2.49. The maximum absolute atomic E-state index is 11.0. The fraction of sp³-hybridized carbons (Fsp3) is 0.333. The van der Waals surface area contributed by atoms with Crippen molar-refractivity contribution in [3.8, 4) is 17.2 Å². The van der Waals surface area contributed by atoms with Gasteiger partial charge in [0.2, 0.25) is 11.6 Å². The predicted octanol–water partition coefficient (Wildman–Crippen LogP) is 3.34. The van der Waals surface area contributed by atoms with E-state index in [0.717, 1.165) is 0 Å². The lowest BCUT2D eigenvalue weighted by molar-refractivity contribution is -0.385. The molecule has 0 saturated heterocycles. The number of aromatic nitrogens is 2. The molecule has 0 amide bonds. The van der Waals surface area contributed by atoms with Gasteiger partial charge in [-0.1, -0.05) is 6.07 Å². The zero-order valence-corrected chi connectivity index (χ0v) is 11.6. The molecular weight excluding hydrogens is 286 g/mol. The van der Waals surface area contributed by atoms with E-state index >= 15 is 0 Å². The zero-order valence-electron chi connectivity index (χ0n) is 10.9. The van der Waals surface area contributed by atoms with E-state index in [1.54, 1.807) is 19.9 Å². The van der Waals surface area contributed by atoms with E-state index in [1.165, 1.54) is 12.1 Å². The molecule has 20 heavy (non-hydrogen) atoms. The molecule has 0 aliphatic rings. The molecule has 0 radical (unpaired) electrons. The van der Waals surface area contributed by atoms with Gasteiger partial charge in [-0.25, -0.2) is 0 Å². The topological polar surface area (TPSA) is 91.3 Å². The van der Waals surface area contributed by atoms with E-state index in [4.69, 9.17) is 20.8 Å². The molecule has 7 nitrogen and oxygen atoms in total. The van der Waals surface area contributed by atoms with Crippen LogP contribution in [0.3, 0.4) is 0 Å². The minimum absolute atomic E-state index is 0.109. The third kappa shape index (κ3) is 2.72. The fourth-order valence-corrected chi connectivity index (χ4v) is 1.73. The van der Waals surface area contributed by atoms with Crippen LogP contribution in [-0.4, -0.2) is 21.7 Å². The van der Waals surface area contributed by atoms with E-state index in [9.17, 15) is 10.1 Å². The van der Waals surface area contributed by atoms with Crippen LogP contribution in [0.2, 0.25) is 0 Å². The summed E-state index contributed by atoms with van der Waals surface area (Å²) in [5.41, 5.74) is 0.222. The Morgan fingerprint density at radius 2 is 2.25 bits per heavy atom. The average Bonchev–Trinajstić information content (AvgIpc) is 2.88. The van der Waals surface area contributed by atoms with Gasteiger partial charge in [0.15, 0.2) is 0 Å². The van der Waals surface area contributed by atoms with E-state index in [0.29, 0.717) is 5.56 Å². The molecule has 2 rings (SSSR count). The lowest BCUT2D eigenvalue weighted by atomic mass is 10.1. The molecule has 0 aliphatic carbocycles. The Morgan fingerprint density at radius 1 is 1.50 bits per heavy atom. The van der Waals surface area contributed by atoms with Gasteiger partial charge in [-0.3, -0.25) is 10.1 Å². The summed E-state index contributed by atoms with van der Waals surface area (Å²) in [6, 6.07) is 4.51. The highest BCUT2D eigenvalue weighted by molar-refractivity contribution is 6.20. The van der Waals surface area contributed by atoms with Crippen molar-refractivity contribution in [2.45, 2.75) is 19.2 Å². The van der Waals surface area contributed by atoms with Crippen molar-refractivity contribution in [2.75, 3.05) is 6.61 Å². The van der Waals surface area contributed by atoms with Gasteiger partial charge in [-0.05, 0) is 19.9 Å². The van der Waals surface area contributed by atoms with E-state index in [2.05, 4.69) is 10.2 Å². The van der Waals surface area contributed by atoms with Crippen LogP contribution in [0.5, 0.6) is 5.75 Å². The molecule has 1 aromatic heterocycles. The van der Waals surface area contributed by atoms with Crippen molar-refractivity contribution in [3.05, 3.63) is 34.2 Å². The lowest BCUT2D eigenvalue weighted by Gasteiger charge is -2.07. The van der Waals surface area contributed by atoms with Gasteiger partial charge in [0, 0.05) is 6.07 Å². The number of ether oxygens (including phenoxy) is 1. The minimum Gasteiger partial charge on any atom is -0.487 e. The average molecular weight is 298 g/mol. The molecule has 0 saturated carbocycles. The second-order valence-corrected chi connectivity index (χ2v) is 4.56. The number of nitrogens with zero attached hydrogens (tertiary/aromatic N) is 3. The van der Waals surface area contributed by atoms with Crippen LogP contribution in [0.25, 0.3) is 11.5 Å². The molecule has 1 unspecified atom stereocenters. The van der Waals surface area contributed by atoms with Crippen molar-refractivity contribution in [2.24, 2.45) is 0 Å². The number of alkyl halides is 1. The Kier molecular flexibility index (Phi) is 4.19. The summed E-state index contributed by atoms with van der Waals surface area (Å²) in [5.74, 6) is 0.493. The fourth-order valence-electron chi connectivity index (χ4n) is 1.64. The molecular formula is C12H12ClN3O4. The van der Waals surface area contributed by atoms with Crippen LogP contribution < -0.4 is 4.74 Å². The maximum Gasteiger partial charge on any atom is 0.311 e. The highest BCUT2D eigenvalue weighted by atomic mass is 35.5. The molecule has 1 aromatic carbocycles. The summed E-state index contributed by atoms with van der Waals surface area (Å²) in [4.78, 5) is 10.5. The largest absolute Gasteiger partial charge is 0.487 e. The first kappa shape index (κ1) is 14.3. The van der Waals surface area contributed by atoms with Gasteiger partial charge < -0.3 is 9.15 Å². The number of para-hydroxylation sites is 1. The van der Waals surface area contributed by atoms with Crippen LogP contribution in [-0.2, 0) is 0 Å². The molecule has 2 aromatic rings. The number of nitro groups is 1. The molecule has 106 valence electrons. The van der Waals surface area contributed by atoms with Crippen molar-refractivity contribution in [3.63, 3.8) is 0 Å². The van der Waals surface area contributed by atoms with Crippen LogP contribution in [0, 0.1) is 10.1 Å². The SMILES string of the molecule is CCOc1c(-c2nnc(C(C)Cl)o2)cccc1[N+](=O)[O-]. The monoisotopic (exact) mass is 297 g/mol. The third-order valence-corrected chi connectivity index (χ3v) is 2.68. The molecule has 0 bridgehead atoms. The predicted molar refractivity (Wildman–Crippen MR) is 71.8 cm³/mol. The highest BCUT2D eigenvalue weighted by Gasteiger charge is 2.23. The molecule has 1 atom stereocenters. The van der Waals surface area contributed by atoms with Gasteiger partial charge in [-0.15, -0.1) is 21.8 Å². The Hall–Kier alpha value is -2.15. The van der Waals surface area contributed by atoms with E-state index in [-0.39, 0.29) is 29.8 Å². The zero-order chi connectivity index (χ0) is 14.7. The number of hydrogen-bond acceptors (Lipinski definition) is 6. The lowest BCUT2D eigenvalue weighted by Crippen LogP contribution is -1.99. The number of hydrogen-bond donors (Lipinski definition) is 0. The summed E-state index contributed by atoms with van der Waals surface area (Å²) in [7, 11) is 0. The van der Waals surface area contributed by atoms with Gasteiger partial charge in [-0.2, -0.15) is 0 Å². The Labute approximate surface area is 119 Å². The van der Waals surface area contributed by atoms with Crippen molar-refractivity contribution < 1.29 is 14.1 Å². The van der Waals surface area contributed by atoms with Crippen LogP contribution in [0.4, 0.5) is 5.69 Å². The summed E-state index contributed by atoms with van der Waals surface area (Å²) in [5, 5.41) is 18.2. The maximum atomic E-state index is 11.0. The van der Waals surface area contributed by atoms with Gasteiger partial charge >= 0.3 is 5.69 Å². The number of nitro benzene ring substituents is 1. The second-order valence-electron chi connectivity index (χ2n) is 3.91. The first-order valence-electron chi connectivity index (χ1n) is 5.92. The van der Waals surface area contributed by atoms with E-state index < -0.39 is 10.3 Å². The summed E-state index contributed by atoms with van der Waals surface area (Å²) in [6.07, 6.45) is 0. The van der Waals surface area contributed by atoms with Crippen molar-refractivity contribution in [1.29, 1.82) is 0 Å². The Balaban J connectivity index is 2.54. The van der Waals surface area contributed by atoms with Crippen molar-refractivity contribution >= 4 is 17.3 Å². The van der Waals surface area contributed by atoms with Gasteiger partial charge in [0.05, 0.1) is 17.1 Å². The van der Waals surface area contributed by atoms with Gasteiger partial charge in [0.1, 0.15) is 5.38 Å². The van der Waals surface area contributed by atoms with Crippen LogP contribution in [0.15, 0.2) is 22.6 Å². The quantitative estimate of drug-likeness (QED) is 0.477.